The largest absolute Gasteiger partial charge is 0.423 e. The first-order valence-electron chi connectivity index (χ1n) is 7.46. The van der Waals surface area contributed by atoms with Gasteiger partial charge in [0.25, 0.3) is 5.56 Å². The maximum absolute atomic E-state index is 12.1. The highest BCUT2D eigenvalue weighted by molar-refractivity contribution is 9.10. The number of rotatable bonds is 4. The molecular weight excluding hydrogens is 402 g/mol. The first-order valence-corrected chi connectivity index (χ1v) is 8.25. The second-order valence-corrected chi connectivity index (χ2v) is 6.01. The lowest BCUT2D eigenvalue weighted by atomic mass is 10.2. The highest BCUT2D eigenvalue weighted by Crippen LogP contribution is 2.19. The Hall–Kier alpha value is -3.26. The molecule has 0 fully saturated rings. The summed E-state index contributed by atoms with van der Waals surface area (Å²) in [5, 5.41) is 0. The second-order valence-electron chi connectivity index (χ2n) is 5.15. The van der Waals surface area contributed by atoms with Crippen molar-refractivity contribution in [2.75, 3.05) is 0 Å². The number of H-pyrrole nitrogens is 2. The Morgan fingerprint density at radius 1 is 1.08 bits per heavy atom. The van der Waals surface area contributed by atoms with Crippen LogP contribution in [0.5, 0.6) is 5.75 Å². The highest BCUT2D eigenvalue weighted by atomic mass is 79.9. The molecule has 130 valence electrons. The van der Waals surface area contributed by atoms with Crippen LogP contribution in [-0.4, -0.2) is 22.2 Å². The molecule has 3 aromatic rings. The van der Waals surface area contributed by atoms with E-state index in [1.165, 1.54) is 12.4 Å². The molecule has 3 rings (SSSR count). The zero-order valence-electron chi connectivity index (χ0n) is 13.2. The first kappa shape index (κ1) is 17.6. The Balaban J connectivity index is 1.71. The molecule has 1 heterocycles. The molecule has 26 heavy (non-hydrogen) atoms. The molecule has 0 saturated carbocycles. The summed E-state index contributed by atoms with van der Waals surface area (Å²) in [6, 6.07) is 13.6. The van der Waals surface area contributed by atoms with Gasteiger partial charge in [-0.2, -0.15) is 0 Å². The van der Waals surface area contributed by atoms with Crippen LogP contribution in [-0.2, 0) is 0 Å². The Kier molecular flexibility index (Phi) is 5.23. The van der Waals surface area contributed by atoms with Gasteiger partial charge in [0.1, 0.15) is 11.4 Å². The number of benzene rings is 2. The van der Waals surface area contributed by atoms with Crippen LogP contribution in [0, 0.1) is 0 Å². The molecule has 0 aliphatic heterocycles. The fourth-order valence-corrected chi connectivity index (χ4v) is 2.50. The quantitative estimate of drug-likeness (QED) is 0.389. The minimum Gasteiger partial charge on any atom is -0.423 e. The van der Waals surface area contributed by atoms with Crippen molar-refractivity contribution in [1.29, 1.82) is 0 Å². The molecule has 0 aliphatic rings. The van der Waals surface area contributed by atoms with Crippen molar-refractivity contribution in [2.24, 2.45) is 4.99 Å². The zero-order chi connectivity index (χ0) is 18.5. The standard InChI is InChI=1S/C18H12BrN3O4/c19-14-4-2-1-3-13(14)17(24)26-12-7-5-11(6-8-12)9-20-15-10-21-18(25)22-16(15)23/h1-10H,(H2,21,22,23,25). The number of esters is 1. The maximum atomic E-state index is 12.1. The van der Waals surface area contributed by atoms with Gasteiger partial charge in [0.15, 0.2) is 0 Å². The number of aromatic amines is 2. The summed E-state index contributed by atoms with van der Waals surface area (Å²) >= 11 is 3.31. The normalized spacial score (nSPS) is 10.8. The smallest absolute Gasteiger partial charge is 0.344 e. The van der Waals surface area contributed by atoms with E-state index in [9.17, 15) is 14.4 Å². The van der Waals surface area contributed by atoms with Crippen LogP contribution in [0.25, 0.3) is 0 Å². The van der Waals surface area contributed by atoms with Crippen molar-refractivity contribution < 1.29 is 9.53 Å². The summed E-state index contributed by atoms with van der Waals surface area (Å²) in [6.45, 7) is 0. The summed E-state index contributed by atoms with van der Waals surface area (Å²) in [5.41, 5.74) is 0.0231. The fourth-order valence-electron chi connectivity index (χ4n) is 2.05. The van der Waals surface area contributed by atoms with E-state index in [-0.39, 0.29) is 5.69 Å². The van der Waals surface area contributed by atoms with Crippen LogP contribution in [0.4, 0.5) is 5.69 Å². The van der Waals surface area contributed by atoms with Crippen LogP contribution in [0.1, 0.15) is 15.9 Å². The summed E-state index contributed by atoms with van der Waals surface area (Å²) in [5.74, 6) is -0.0940. The fraction of sp³-hybridized carbons (Fsp3) is 0. The number of hydrogen-bond donors (Lipinski definition) is 2. The lowest BCUT2D eigenvalue weighted by Gasteiger charge is -2.06. The number of carbonyl (C=O) groups excluding carboxylic acids is 1. The van der Waals surface area contributed by atoms with E-state index in [4.69, 9.17) is 4.74 Å². The van der Waals surface area contributed by atoms with Crippen LogP contribution in [0.15, 0.2) is 73.8 Å². The number of nitrogens with one attached hydrogen (secondary N) is 2. The monoisotopic (exact) mass is 413 g/mol. The molecule has 0 atom stereocenters. The maximum Gasteiger partial charge on any atom is 0.344 e. The first-order chi connectivity index (χ1) is 12.5. The van der Waals surface area contributed by atoms with E-state index in [0.717, 1.165) is 0 Å². The molecule has 0 spiro atoms. The van der Waals surface area contributed by atoms with Gasteiger partial charge in [-0.15, -0.1) is 0 Å². The van der Waals surface area contributed by atoms with E-state index >= 15 is 0 Å². The van der Waals surface area contributed by atoms with Crippen LogP contribution in [0.2, 0.25) is 0 Å². The van der Waals surface area contributed by atoms with E-state index in [1.54, 1.807) is 42.5 Å². The van der Waals surface area contributed by atoms with Crippen molar-refractivity contribution in [1.82, 2.24) is 9.97 Å². The zero-order valence-corrected chi connectivity index (χ0v) is 14.8. The number of aromatic nitrogens is 2. The minimum absolute atomic E-state index is 0.0778. The van der Waals surface area contributed by atoms with Crippen LogP contribution < -0.4 is 16.0 Å². The molecular formula is C18H12BrN3O4. The topological polar surface area (TPSA) is 104 Å². The van der Waals surface area contributed by atoms with Gasteiger partial charge in [-0.25, -0.2) is 14.6 Å². The Morgan fingerprint density at radius 3 is 2.50 bits per heavy atom. The molecule has 7 nitrogen and oxygen atoms in total. The van der Waals surface area contributed by atoms with Gasteiger partial charge in [0.05, 0.1) is 5.56 Å². The van der Waals surface area contributed by atoms with E-state index in [1.807, 2.05) is 6.07 Å². The van der Waals surface area contributed by atoms with Crippen molar-refractivity contribution in [3.05, 3.63) is 91.2 Å². The van der Waals surface area contributed by atoms with Gasteiger partial charge in [-0.3, -0.25) is 9.78 Å². The number of ether oxygens (including phenoxy) is 1. The van der Waals surface area contributed by atoms with Crippen LogP contribution >= 0.6 is 15.9 Å². The average Bonchev–Trinajstić information content (AvgIpc) is 2.62. The van der Waals surface area contributed by atoms with Crippen molar-refractivity contribution in [3.8, 4) is 5.75 Å². The lowest BCUT2D eigenvalue weighted by molar-refractivity contribution is 0.0734. The molecule has 0 amide bonds. The number of aliphatic imine (C=N–C) groups is 1. The second kappa shape index (κ2) is 7.75. The van der Waals surface area contributed by atoms with Gasteiger partial charge in [-0.1, -0.05) is 12.1 Å². The van der Waals surface area contributed by atoms with Gasteiger partial charge >= 0.3 is 11.7 Å². The number of halogens is 1. The van der Waals surface area contributed by atoms with E-state index < -0.39 is 17.2 Å². The van der Waals surface area contributed by atoms with Gasteiger partial charge < -0.3 is 9.72 Å². The van der Waals surface area contributed by atoms with Crippen LogP contribution in [0.3, 0.4) is 0 Å². The van der Waals surface area contributed by atoms with E-state index in [0.29, 0.717) is 21.3 Å². The Labute approximate surface area is 155 Å². The number of carbonyl (C=O) groups is 1. The molecule has 0 radical (unpaired) electrons. The third-order valence-corrected chi connectivity index (χ3v) is 4.03. The predicted molar refractivity (Wildman–Crippen MR) is 100 cm³/mol. The molecule has 0 aliphatic carbocycles. The highest BCUT2D eigenvalue weighted by Gasteiger charge is 2.11. The van der Waals surface area contributed by atoms with Gasteiger partial charge in [-0.05, 0) is 57.9 Å². The van der Waals surface area contributed by atoms with Crippen molar-refractivity contribution in [3.63, 3.8) is 0 Å². The third-order valence-electron chi connectivity index (χ3n) is 3.34. The average molecular weight is 414 g/mol. The molecule has 0 unspecified atom stereocenters. The SMILES string of the molecule is O=C(Oc1ccc(C=Nc2c[nH]c(=O)[nH]c2=O)cc1)c1ccccc1Br. The molecule has 0 saturated heterocycles. The van der Waals surface area contributed by atoms with Gasteiger partial charge in [0.2, 0.25) is 0 Å². The molecule has 0 bridgehead atoms. The lowest BCUT2D eigenvalue weighted by Crippen LogP contribution is -2.20. The number of nitrogens with zero attached hydrogens (tertiary/aromatic N) is 1. The predicted octanol–water partition coefficient (Wildman–Crippen LogP) is 2.80. The van der Waals surface area contributed by atoms with Gasteiger partial charge in [0, 0.05) is 16.9 Å². The van der Waals surface area contributed by atoms with E-state index in [2.05, 4.69) is 30.9 Å². The summed E-state index contributed by atoms with van der Waals surface area (Å²) < 4.78 is 5.98. The summed E-state index contributed by atoms with van der Waals surface area (Å²) in [4.78, 5) is 43.1. The molecule has 8 heteroatoms. The summed E-state index contributed by atoms with van der Waals surface area (Å²) in [7, 11) is 0. The summed E-state index contributed by atoms with van der Waals surface area (Å²) in [6.07, 6.45) is 2.69. The Bertz CT molecular complexity index is 1080. The molecule has 2 N–H and O–H groups in total. The minimum atomic E-state index is -0.592. The number of hydrogen-bond acceptors (Lipinski definition) is 5. The molecule has 2 aromatic carbocycles. The Morgan fingerprint density at radius 2 is 1.81 bits per heavy atom. The van der Waals surface area contributed by atoms with Crippen molar-refractivity contribution >= 4 is 33.8 Å². The molecule has 1 aromatic heterocycles. The van der Waals surface area contributed by atoms with Crippen molar-refractivity contribution in [2.45, 2.75) is 0 Å². The third kappa shape index (κ3) is 4.22.